The van der Waals surface area contributed by atoms with Gasteiger partial charge in [0.2, 0.25) is 5.91 Å². The van der Waals surface area contributed by atoms with Crippen LogP contribution >= 0.6 is 23.1 Å². The highest BCUT2D eigenvalue weighted by Gasteiger charge is 2.21. The molecular formula is C39H39N5O4S2. The van der Waals surface area contributed by atoms with Crippen LogP contribution in [0.4, 0.5) is 16.5 Å². The number of thioether (sulfide) groups is 1. The van der Waals surface area contributed by atoms with E-state index in [-0.39, 0.29) is 11.6 Å². The van der Waals surface area contributed by atoms with Gasteiger partial charge < -0.3 is 25.6 Å². The third-order valence-corrected chi connectivity index (χ3v) is 9.59. The molecule has 50 heavy (non-hydrogen) atoms. The summed E-state index contributed by atoms with van der Waals surface area (Å²) in [6.07, 6.45) is 2.22. The average Bonchev–Trinajstić information content (AvgIpc) is 3.59. The van der Waals surface area contributed by atoms with Crippen molar-refractivity contribution < 1.29 is 19.1 Å². The van der Waals surface area contributed by atoms with Crippen LogP contribution in [0.1, 0.15) is 36.2 Å². The van der Waals surface area contributed by atoms with Gasteiger partial charge in [-0.3, -0.25) is 14.4 Å². The lowest BCUT2D eigenvalue weighted by molar-refractivity contribution is -0.116. The molecule has 3 amide bonds. The lowest BCUT2D eigenvalue weighted by atomic mass is 10.1. The number of carbonyl (C=O) groups excluding carboxylic acids is 3. The molecule has 0 aliphatic carbocycles. The summed E-state index contributed by atoms with van der Waals surface area (Å²) in [4.78, 5) is 47.4. The summed E-state index contributed by atoms with van der Waals surface area (Å²) in [7, 11) is 3.90. The Morgan fingerprint density at radius 2 is 1.64 bits per heavy atom. The van der Waals surface area contributed by atoms with Gasteiger partial charge in [0.1, 0.15) is 11.4 Å². The minimum Gasteiger partial charge on any atom is -0.494 e. The maximum absolute atomic E-state index is 13.6. The van der Waals surface area contributed by atoms with Crippen LogP contribution in [0.3, 0.4) is 0 Å². The topological polar surface area (TPSA) is 113 Å². The summed E-state index contributed by atoms with van der Waals surface area (Å²) in [6.45, 7) is 4.49. The predicted octanol–water partition coefficient (Wildman–Crippen LogP) is 8.19. The summed E-state index contributed by atoms with van der Waals surface area (Å²) in [5, 5.41) is 10.7. The highest BCUT2D eigenvalue weighted by molar-refractivity contribution is 8.00. The zero-order chi connectivity index (χ0) is 35.5. The maximum atomic E-state index is 13.6. The molecule has 0 aliphatic heterocycles. The van der Waals surface area contributed by atoms with E-state index in [1.165, 1.54) is 23.1 Å². The van der Waals surface area contributed by atoms with Gasteiger partial charge in [-0.15, -0.1) is 23.1 Å². The van der Waals surface area contributed by atoms with Gasteiger partial charge in [-0.25, -0.2) is 4.98 Å². The molecule has 4 aromatic carbocycles. The Bertz CT molecular complexity index is 1940. The summed E-state index contributed by atoms with van der Waals surface area (Å²) >= 11 is 2.77. The molecular weight excluding hydrogens is 667 g/mol. The van der Waals surface area contributed by atoms with Crippen molar-refractivity contribution in [2.45, 2.75) is 30.4 Å². The number of carbonyl (C=O) groups is 3. The zero-order valence-corrected chi connectivity index (χ0v) is 29.9. The molecule has 5 aromatic rings. The fourth-order valence-corrected chi connectivity index (χ4v) is 6.58. The van der Waals surface area contributed by atoms with Crippen molar-refractivity contribution in [2.75, 3.05) is 36.2 Å². The molecule has 11 heteroatoms. The Kier molecular flexibility index (Phi) is 12.4. The first-order valence-electron chi connectivity index (χ1n) is 16.2. The van der Waals surface area contributed by atoms with Crippen LogP contribution in [0.5, 0.6) is 5.75 Å². The number of aromatic nitrogens is 1. The van der Waals surface area contributed by atoms with Gasteiger partial charge in [-0.2, -0.15) is 0 Å². The number of thiazole rings is 1. The van der Waals surface area contributed by atoms with Gasteiger partial charge in [0.25, 0.3) is 11.8 Å². The van der Waals surface area contributed by atoms with Crippen molar-refractivity contribution >= 4 is 63.4 Å². The molecule has 256 valence electrons. The third-order valence-electron chi connectivity index (χ3n) is 7.48. The van der Waals surface area contributed by atoms with Crippen molar-refractivity contribution in [3.05, 3.63) is 125 Å². The maximum Gasteiger partial charge on any atom is 0.272 e. The Morgan fingerprint density at radius 3 is 2.32 bits per heavy atom. The molecule has 0 saturated heterocycles. The number of rotatable bonds is 14. The Morgan fingerprint density at radius 1 is 0.900 bits per heavy atom. The third kappa shape index (κ3) is 9.83. The van der Waals surface area contributed by atoms with Gasteiger partial charge in [0.15, 0.2) is 5.13 Å². The molecule has 9 nitrogen and oxygen atoms in total. The van der Waals surface area contributed by atoms with E-state index < -0.39 is 17.1 Å². The minimum absolute atomic E-state index is 0.0911. The molecule has 1 unspecified atom stereocenters. The monoisotopic (exact) mass is 705 g/mol. The van der Waals surface area contributed by atoms with Crippen LogP contribution in [0.15, 0.2) is 119 Å². The first-order valence-corrected chi connectivity index (χ1v) is 17.9. The van der Waals surface area contributed by atoms with Gasteiger partial charge in [0, 0.05) is 46.9 Å². The number of hydrogen-bond donors (Lipinski definition) is 3. The average molecular weight is 706 g/mol. The molecule has 3 N–H and O–H groups in total. The standard InChI is InChI=1S/C39H39N5O4S2/c1-5-35(38(47)43-39-42-34(25-49-39)27-17-21-31(22-18-27)48-6-2)50-32-14-10-13-29(24-32)40-37(46)33(41-36(45)28-11-8-7-9-12-28)23-26-15-19-30(20-16-26)44(3)4/h7-25,35H,5-6H2,1-4H3,(H,40,46)(H,41,45)(H,42,43,47)/b33-23+. The van der Waals surface area contributed by atoms with E-state index in [1.54, 1.807) is 36.4 Å². The van der Waals surface area contributed by atoms with E-state index in [4.69, 9.17) is 4.74 Å². The number of amides is 3. The first-order chi connectivity index (χ1) is 24.2. The van der Waals surface area contributed by atoms with E-state index >= 15 is 0 Å². The molecule has 1 heterocycles. The van der Waals surface area contributed by atoms with E-state index in [9.17, 15) is 14.4 Å². The van der Waals surface area contributed by atoms with Crippen LogP contribution in [0.25, 0.3) is 17.3 Å². The van der Waals surface area contributed by atoms with Crippen molar-refractivity contribution in [1.29, 1.82) is 0 Å². The molecule has 0 radical (unpaired) electrons. The molecule has 0 aliphatic rings. The molecule has 5 rings (SSSR count). The number of anilines is 3. The molecule has 0 saturated carbocycles. The predicted molar refractivity (Wildman–Crippen MR) is 205 cm³/mol. The van der Waals surface area contributed by atoms with Gasteiger partial charge in [0.05, 0.1) is 17.6 Å². The van der Waals surface area contributed by atoms with E-state index in [0.717, 1.165) is 33.2 Å². The zero-order valence-electron chi connectivity index (χ0n) is 28.3. The number of ether oxygens (including phenoxy) is 1. The summed E-state index contributed by atoms with van der Waals surface area (Å²) < 4.78 is 5.52. The molecule has 1 aromatic heterocycles. The van der Waals surface area contributed by atoms with Crippen LogP contribution in [0.2, 0.25) is 0 Å². The van der Waals surface area contributed by atoms with Crippen LogP contribution in [-0.4, -0.2) is 48.7 Å². The lowest BCUT2D eigenvalue weighted by Gasteiger charge is -2.15. The van der Waals surface area contributed by atoms with Crippen molar-refractivity contribution in [1.82, 2.24) is 10.3 Å². The number of nitrogens with one attached hydrogen (secondary N) is 3. The van der Waals surface area contributed by atoms with E-state index in [0.29, 0.717) is 29.4 Å². The molecule has 0 fully saturated rings. The highest BCUT2D eigenvalue weighted by Crippen LogP contribution is 2.31. The normalized spacial score (nSPS) is 11.7. The molecule has 0 bridgehead atoms. The van der Waals surface area contributed by atoms with Crippen LogP contribution in [0, 0.1) is 0 Å². The minimum atomic E-state index is -0.481. The second-order valence-corrected chi connectivity index (χ2v) is 13.5. The van der Waals surface area contributed by atoms with Crippen LogP contribution in [-0.2, 0) is 9.59 Å². The molecule has 0 spiro atoms. The van der Waals surface area contributed by atoms with Gasteiger partial charge >= 0.3 is 0 Å². The fraction of sp³-hybridized carbons (Fsp3) is 0.179. The van der Waals surface area contributed by atoms with Crippen molar-refractivity contribution in [3.63, 3.8) is 0 Å². The lowest BCUT2D eigenvalue weighted by Crippen LogP contribution is -2.30. The Balaban J connectivity index is 1.26. The summed E-state index contributed by atoms with van der Waals surface area (Å²) in [5.74, 6) is -0.243. The first kappa shape index (κ1) is 35.9. The quantitative estimate of drug-likeness (QED) is 0.0789. The number of nitrogens with zero attached hydrogens (tertiary/aromatic N) is 2. The van der Waals surface area contributed by atoms with E-state index in [1.807, 2.05) is 111 Å². The molecule has 1 atom stereocenters. The Labute approximate surface area is 300 Å². The summed E-state index contributed by atoms with van der Waals surface area (Å²) in [6, 6.07) is 31.4. The second-order valence-electron chi connectivity index (χ2n) is 11.3. The summed E-state index contributed by atoms with van der Waals surface area (Å²) in [5.41, 5.74) is 4.52. The Hall–Kier alpha value is -5.39. The largest absolute Gasteiger partial charge is 0.494 e. The fourth-order valence-electron chi connectivity index (χ4n) is 4.85. The van der Waals surface area contributed by atoms with Crippen molar-refractivity contribution in [2.24, 2.45) is 0 Å². The number of hydrogen-bond acceptors (Lipinski definition) is 8. The van der Waals surface area contributed by atoms with Gasteiger partial charge in [-0.05, 0) is 91.7 Å². The smallest absolute Gasteiger partial charge is 0.272 e. The van der Waals surface area contributed by atoms with Crippen molar-refractivity contribution in [3.8, 4) is 17.0 Å². The van der Waals surface area contributed by atoms with Gasteiger partial charge in [-0.1, -0.05) is 43.3 Å². The number of benzene rings is 4. The highest BCUT2D eigenvalue weighted by atomic mass is 32.2. The van der Waals surface area contributed by atoms with Crippen LogP contribution < -0.4 is 25.6 Å². The second kappa shape index (κ2) is 17.3. The SMILES string of the molecule is CCOc1ccc(-c2csc(NC(=O)C(CC)Sc3cccc(NC(=O)/C(=C\c4ccc(N(C)C)cc4)NC(=O)c4ccccc4)c3)n2)cc1. The van der Waals surface area contributed by atoms with E-state index in [2.05, 4.69) is 20.9 Å².